The van der Waals surface area contributed by atoms with E-state index in [0.717, 1.165) is 38.5 Å². The molecule has 5 fully saturated rings. The highest BCUT2D eigenvalue weighted by Crippen LogP contribution is 2.78. The third-order valence-corrected chi connectivity index (χ3v) is 9.99. The van der Waals surface area contributed by atoms with Crippen molar-refractivity contribution in [2.75, 3.05) is 0 Å². The van der Waals surface area contributed by atoms with Gasteiger partial charge in [-0.15, -0.1) is 0 Å². The SMILES string of the molecule is CC1CC2=CC(=O)CC[C@]2(C)[C@@]23O[C@@H]2C[C@@]2(C)C(CC[C@@]24CCC(=O)O4)C13. The van der Waals surface area contributed by atoms with E-state index in [0.29, 0.717) is 36.4 Å². The minimum Gasteiger partial charge on any atom is -0.458 e. The summed E-state index contributed by atoms with van der Waals surface area (Å²) in [6.45, 7) is 7.12. The van der Waals surface area contributed by atoms with Gasteiger partial charge in [0.2, 0.25) is 0 Å². The Morgan fingerprint density at radius 2 is 1.93 bits per heavy atom. The summed E-state index contributed by atoms with van der Waals surface area (Å²) in [6.07, 6.45) is 9.43. The monoisotopic (exact) mass is 370 g/mol. The predicted molar refractivity (Wildman–Crippen MR) is 98.8 cm³/mol. The molecule has 27 heavy (non-hydrogen) atoms. The quantitative estimate of drug-likeness (QED) is 0.478. The van der Waals surface area contributed by atoms with Crippen LogP contribution in [0, 0.1) is 28.6 Å². The summed E-state index contributed by atoms with van der Waals surface area (Å²) >= 11 is 0. The van der Waals surface area contributed by atoms with Gasteiger partial charge in [-0.2, -0.15) is 0 Å². The van der Waals surface area contributed by atoms with E-state index < -0.39 is 0 Å². The number of ketones is 1. The van der Waals surface area contributed by atoms with E-state index in [1.54, 1.807) is 0 Å². The minimum atomic E-state index is -0.258. The fraction of sp³-hybridized carbons (Fsp3) is 0.826. The van der Waals surface area contributed by atoms with Gasteiger partial charge in [-0.05, 0) is 62.4 Å². The van der Waals surface area contributed by atoms with Crippen molar-refractivity contribution in [3.05, 3.63) is 11.6 Å². The Morgan fingerprint density at radius 1 is 1.11 bits per heavy atom. The second kappa shape index (κ2) is 4.69. The molecule has 4 aliphatic carbocycles. The third kappa shape index (κ3) is 1.68. The van der Waals surface area contributed by atoms with Crippen LogP contribution in [0.5, 0.6) is 0 Å². The first-order chi connectivity index (χ1) is 12.8. The molecule has 2 aliphatic heterocycles. The molecule has 0 radical (unpaired) electrons. The molecule has 0 aromatic carbocycles. The molecule has 2 spiro atoms. The van der Waals surface area contributed by atoms with E-state index in [9.17, 15) is 9.59 Å². The molecule has 2 heterocycles. The van der Waals surface area contributed by atoms with Crippen LogP contribution in [0.1, 0.15) is 72.1 Å². The summed E-state index contributed by atoms with van der Waals surface area (Å²) in [6, 6.07) is 0. The molecule has 0 bridgehead atoms. The van der Waals surface area contributed by atoms with Crippen LogP contribution in [-0.4, -0.2) is 29.1 Å². The zero-order chi connectivity index (χ0) is 18.8. The van der Waals surface area contributed by atoms with Crippen molar-refractivity contribution in [2.45, 2.75) is 89.4 Å². The van der Waals surface area contributed by atoms with Crippen molar-refractivity contribution in [3.63, 3.8) is 0 Å². The summed E-state index contributed by atoms with van der Waals surface area (Å²) in [5, 5.41) is 0. The molecular weight excluding hydrogens is 340 g/mol. The molecule has 6 rings (SSSR count). The molecule has 0 amide bonds. The van der Waals surface area contributed by atoms with E-state index in [1.807, 2.05) is 6.08 Å². The standard InChI is InChI=1S/C23H30O4/c1-13-10-14-11-15(24)4-7-20(14,2)23-17(26-23)12-21(3)16(19(13)23)5-8-22(21)9-6-18(25)27-22/h11,13,16-17,19H,4-10,12H2,1-3H3/t13?,16?,17-,19?,20+,21+,22-,23-/m1/s1. The highest BCUT2D eigenvalue weighted by molar-refractivity contribution is 5.92. The number of epoxide rings is 1. The van der Waals surface area contributed by atoms with Crippen molar-refractivity contribution < 1.29 is 19.1 Å². The average Bonchev–Trinajstić information content (AvgIpc) is 3.09. The van der Waals surface area contributed by atoms with Gasteiger partial charge >= 0.3 is 5.97 Å². The fourth-order valence-corrected chi connectivity index (χ4v) is 8.65. The zero-order valence-corrected chi connectivity index (χ0v) is 16.7. The molecule has 146 valence electrons. The molecule has 3 saturated carbocycles. The lowest BCUT2D eigenvalue weighted by Crippen LogP contribution is -2.61. The average molecular weight is 370 g/mol. The van der Waals surface area contributed by atoms with Crippen LogP contribution in [0.25, 0.3) is 0 Å². The second-order valence-electron chi connectivity index (χ2n) is 10.8. The van der Waals surface area contributed by atoms with Crippen LogP contribution < -0.4 is 0 Å². The third-order valence-electron chi connectivity index (χ3n) is 9.99. The van der Waals surface area contributed by atoms with E-state index in [-0.39, 0.29) is 34.1 Å². The predicted octanol–water partition coefficient (Wildman–Crippen LogP) is 3.97. The lowest BCUT2D eigenvalue weighted by Gasteiger charge is -2.58. The van der Waals surface area contributed by atoms with Crippen molar-refractivity contribution >= 4 is 11.8 Å². The smallest absolute Gasteiger partial charge is 0.306 e. The highest BCUT2D eigenvalue weighted by Gasteiger charge is 2.82. The van der Waals surface area contributed by atoms with E-state index >= 15 is 0 Å². The Morgan fingerprint density at radius 3 is 2.67 bits per heavy atom. The first-order valence-corrected chi connectivity index (χ1v) is 10.9. The van der Waals surface area contributed by atoms with Crippen LogP contribution in [0.2, 0.25) is 0 Å². The van der Waals surface area contributed by atoms with E-state index in [4.69, 9.17) is 9.47 Å². The number of esters is 1. The van der Waals surface area contributed by atoms with Crippen molar-refractivity contribution in [3.8, 4) is 0 Å². The molecule has 4 heteroatoms. The maximum absolute atomic E-state index is 12.1. The molecule has 8 atom stereocenters. The summed E-state index contributed by atoms with van der Waals surface area (Å²) in [4.78, 5) is 24.1. The Hall–Kier alpha value is -1.16. The summed E-state index contributed by atoms with van der Waals surface area (Å²) < 4.78 is 12.7. The number of rotatable bonds is 0. The largest absolute Gasteiger partial charge is 0.458 e. The van der Waals surface area contributed by atoms with Crippen LogP contribution in [0.4, 0.5) is 0 Å². The molecule has 0 aromatic heterocycles. The highest BCUT2D eigenvalue weighted by atomic mass is 16.6. The first-order valence-electron chi connectivity index (χ1n) is 10.9. The Bertz CT molecular complexity index is 800. The fourth-order valence-electron chi connectivity index (χ4n) is 8.65. The summed E-state index contributed by atoms with van der Waals surface area (Å²) in [5.74, 6) is 1.85. The number of hydrogen-bond donors (Lipinski definition) is 0. The van der Waals surface area contributed by atoms with Gasteiger partial charge in [-0.1, -0.05) is 26.3 Å². The van der Waals surface area contributed by atoms with Crippen molar-refractivity contribution in [1.29, 1.82) is 0 Å². The van der Waals surface area contributed by atoms with Gasteiger partial charge < -0.3 is 9.47 Å². The first kappa shape index (κ1) is 16.8. The number of fused-ring (bicyclic) bond motifs is 4. The molecule has 6 aliphatic rings. The van der Waals surface area contributed by atoms with Crippen molar-refractivity contribution in [2.24, 2.45) is 28.6 Å². The number of carbonyl (C=O) groups excluding carboxylic acids is 2. The lowest BCUT2D eigenvalue weighted by atomic mass is 9.44. The van der Waals surface area contributed by atoms with Gasteiger partial charge in [-0.25, -0.2) is 0 Å². The summed E-state index contributed by atoms with van der Waals surface area (Å²) in [7, 11) is 0. The normalized spacial score (nSPS) is 58.1. The van der Waals surface area contributed by atoms with E-state index in [1.165, 1.54) is 5.57 Å². The second-order valence-corrected chi connectivity index (χ2v) is 10.8. The molecule has 3 unspecified atom stereocenters. The van der Waals surface area contributed by atoms with Gasteiger partial charge in [0.05, 0.1) is 6.10 Å². The Labute approximate surface area is 161 Å². The van der Waals surface area contributed by atoms with Gasteiger partial charge in [-0.3, -0.25) is 9.59 Å². The van der Waals surface area contributed by atoms with Gasteiger partial charge in [0, 0.05) is 23.7 Å². The van der Waals surface area contributed by atoms with Crippen molar-refractivity contribution in [1.82, 2.24) is 0 Å². The molecule has 4 nitrogen and oxygen atoms in total. The van der Waals surface area contributed by atoms with Gasteiger partial charge in [0.25, 0.3) is 0 Å². The molecule has 0 aromatic rings. The number of ether oxygens (including phenoxy) is 2. The number of hydrogen-bond acceptors (Lipinski definition) is 4. The van der Waals surface area contributed by atoms with Crippen LogP contribution >= 0.6 is 0 Å². The Kier molecular flexibility index (Phi) is 2.91. The lowest BCUT2D eigenvalue weighted by molar-refractivity contribution is -0.165. The van der Waals surface area contributed by atoms with Crippen LogP contribution in [0.3, 0.4) is 0 Å². The maximum atomic E-state index is 12.1. The zero-order valence-electron chi connectivity index (χ0n) is 16.7. The number of carbonyl (C=O) groups is 2. The van der Waals surface area contributed by atoms with Gasteiger partial charge in [0.15, 0.2) is 5.78 Å². The Balaban J connectivity index is 1.45. The van der Waals surface area contributed by atoms with Crippen LogP contribution in [0.15, 0.2) is 11.6 Å². The van der Waals surface area contributed by atoms with Crippen LogP contribution in [-0.2, 0) is 19.1 Å². The molecule has 0 N–H and O–H groups in total. The maximum Gasteiger partial charge on any atom is 0.306 e. The van der Waals surface area contributed by atoms with E-state index in [2.05, 4.69) is 20.8 Å². The van der Waals surface area contributed by atoms with Gasteiger partial charge in [0.1, 0.15) is 11.2 Å². The summed E-state index contributed by atoms with van der Waals surface area (Å²) in [5.41, 5.74) is 1.03. The minimum absolute atomic E-state index is 0.00614. The molecular formula is C23H30O4. The molecule has 2 saturated heterocycles. The topological polar surface area (TPSA) is 55.9 Å².